The van der Waals surface area contributed by atoms with Crippen LogP contribution in [0.2, 0.25) is 0 Å². The van der Waals surface area contributed by atoms with Gasteiger partial charge in [-0.1, -0.05) is 12.1 Å². The number of nitrogens with one attached hydrogen (secondary N) is 2. The Morgan fingerprint density at radius 1 is 1.36 bits per heavy atom. The van der Waals surface area contributed by atoms with E-state index in [1.807, 2.05) is 38.1 Å². The summed E-state index contributed by atoms with van der Waals surface area (Å²) in [6.07, 6.45) is 2.95. The molecule has 1 amide bonds. The zero-order valence-corrected chi connectivity index (χ0v) is 12.5. The minimum atomic E-state index is -0.447. The molecule has 5 heteroatoms. The van der Waals surface area contributed by atoms with Crippen molar-refractivity contribution in [2.45, 2.75) is 20.4 Å². The fraction of sp³-hybridized carbons (Fsp3) is 0.176. The van der Waals surface area contributed by atoms with Crippen LogP contribution in [-0.4, -0.2) is 5.91 Å². The summed E-state index contributed by atoms with van der Waals surface area (Å²) in [6.45, 7) is 4.18. The molecule has 0 fully saturated rings. The Bertz CT molecular complexity index is 725. The molecule has 0 saturated heterocycles. The van der Waals surface area contributed by atoms with E-state index in [0.29, 0.717) is 5.76 Å². The lowest BCUT2D eigenvalue weighted by atomic mass is 10.1. The van der Waals surface area contributed by atoms with Gasteiger partial charge in [-0.25, -0.2) is 0 Å². The van der Waals surface area contributed by atoms with E-state index in [9.17, 15) is 4.79 Å². The molecule has 112 valence electrons. The van der Waals surface area contributed by atoms with E-state index in [0.717, 1.165) is 16.8 Å². The predicted octanol–water partition coefficient (Wildman–Crippen LogP) is 3.03. The predicted molar refractivity (Wildman–Crippen MR) is 83.8 cm³/mol. The van der Waals surface area contributed by atoms with E-state index in [1.54, 1.807) is 12.1 Å². The summed E-state index contributed by atoms with van der Waals surface area (Å²) in [5.74, 6) is 0.185. The van der Waals surface area contributed by atoms with Gasteiger partial charge in [0.05, 0.1) is 12.8 Å². The van der Waals surface area contributed by atoms with Crippen LogP contribution >= 0.6 is 0 Å². The molecule has 0 aliphatic rings. The van der Waals surface area contributed by atoms with E-state index in [4.69, 9.17) is 9.68 Å². The van der Waals surface area contributed by atoms with Gasteiger partial charge in [0, 0.05) is 11.9 Å². The average molecular weight is 295 g/mol. The molecule has 2 rings (SSSR count). The number of amides is 1. The standard InChI is InChI=1S/C17H17N3O2/c1-12-5-6-13(2)16(8-12)19-10-14(9-18)17(21)20-11-15-4-3-7-22-15/h3-8,10,19H,11H2,1-2H3,(H,20,21)/b14-10-. The van der Waals surface area contributed by atoms with Gasteiger partial charge in [0.25, 0.3) is 5.91 Å². The van der Waals surface area contributed by atoms with Crippen molar-refractivity contribution >= 4 is 11.6 Å². The van der Waals surface area contributed by atoms with Gasteiger partial charge in [-0.05, 0) is 43.2 Å². The van der Waals surface area contributed by atoms with Gasteiger partial charge < -0.3 is 15.1 Å². The first-order chi connectivity index (χ1) is 10.6. The second-order valence-electron chi connectivity index (χ2n) is 4.89. The highest BCUT2D eigenvalue weighted by Crippen LogP contribution is 2.16. The number of carbonyl (C=O) groups is 1. The Morgan fingerprint density at radius 3 is 2.86 bits per heavy atom. The molecule has 0 aliphatic heterocycles. The van der Waals surface area contributed by atoms with E-state index in [1.165, 1.54) is 12.5 Å². The molecule has 0 saturated carbocycles. The van der Waals surface area contributed by atoms with Crippen molar-refractivity contribution in [3.63, 3.8) is 0 Å². The second-order valence-corrected chi connectivity index (χ2v) is 4.89. The summed E-state index contributed by atoms with van der Waals surface area (Å²) >= 11 is 0. The summed E-state index contributed by atoms with van der Waals surface area (Å²) in [5.41, 5.74) is 3.01. The molecule has 0 radical (unpaired) electrons. The van der Waals surface area contributed by atoms with Crippen LogP contribution in [-0.2, 0) is 11.3 Å². The lowest BCUT2D eigenvalue weighted by molar-refractivity contribution is -0.117. The van der Waals surface area contributed by atoms with Crippen LogP contribution in [0.15, 0.2) is 52.8 Å². The molecular formula is C17H17N3O2. The zero-order valence-electron chi connectivity index (χ0n) is 12.5. The Balaban J connectivity index is 2.02. The first-order valence-electron chi connectivity index (χ1n) is 6.85. The summed E-state index contributed by atoms with van der Waals surface area (Å²) in [6, 6.07) is 11.3. The van der Waals surface area contributed by atoms with Crippen LogP contribution in [0.3, 0.4) is 0 Å². The Labute approximate surface area is 129 Å². The maximum absolute atomic E-state index is 12.0. The monoisotopic (exact) mass is 295 g/mol. The molecule has 0 spiro atoms. The zero-order chi connectivity index (χ0) is 15.9. The summed E-state index contributed by atoms with van der Waals surface area (Å²) in [5, 5.41) is 14.8. The molecule has 22 heavy (non-hydrogen) atoms. The number of rotatable bonds is 5. The first-order valence-corrected chi connectivity index (χ1v) is 6.85. The number of aryl methyl sites for hydroxylation is 2. The third-order valence-electron chi connectivity index (χ3n) is 3.13. The van der Waals surface area contributed by atoms with Gasteiger partial charge in [0.15, 0.2) is 0 Å². The quantitative estimate of drug-likeness (QED) is 0.656. The van der Waals surface area contributed by atoms with Crippen LogP contribution in [0.25, 0.3) is 0 Å². The lowest BCUT2D eigenvalue weighted by Crippen LogP contribution is -2.24. The molecular weight excluding hydrogens is 278 g/mol. The fourth-order valence-electron chi connectivity index (χ4n) is 1.87. The number of hydrogen-bond donors (Lipinski definition) is 2. The Hall–Kier alpha value is -3.00. The van der Waals surface area contributed by atoms with E-state index in [2.05, 4.69) is 10.6 Å². The van der Waals surface area contributed by atoms with E-state index in [-0.39, 0.29) is 12.1 Å². The Kier molecular flexibility index (Phi) is 4.99. The van der Waals surface area contributed by atoms with E-state index < -0.39 is 5.91 Å². The van der Waals surface area contributed by atoms with Gasteiger partial charge in [0.1, 0.15) is 17.4 Å². The third kappa shape index (κ3) is 4.00. The van der Waals surface area contributed by atoms with Gasteiger partial charge in [0.2, 0.25) is 0 Å². The molecule has 1 aromatic heterocycles. The lowest BCUT2D eigenvalue weighted by Gasteiger charge is -2.07. The first kappa shape index (κ1) is 15.4. The van der Waals surface area contributed by atoms with Gasteiger partial charge >= 0.3 is 0 Å². The molecule has 2 aromatic rings. The minimum absolute atomic E-state index is 0.00691. The number of nitrogens with zero attached hydrogens (tertiary/aromatic N) is 1. The molecule has 0 bridgehead atoms. The van der Waals surface area contributed by atoms with Crippen LogP contribution in [0.5, 0.6) is 0 Å². The maximum Gasteiger partial charge on any atom is 0.263 e. The number of furan rings is 1. The highest BCUT2D eigenvalue weighted by atomic mass is 16.3. The van der Waals surface area contributed by atoms with Crippen molar-refractivity contribution in [1.82, 2.24) is 5.32 Å². The topological polar surface area (TPSA) is 78.1 Å². The molecule has 0 atom stereocenters. The van der Waals surface area contributed by atoms with Crippen molar-refractivity contribution in [2.24, 2.45) is 0 Å². The summed E-state index contributed by atoms with van der Waals surface area (Å²) in [4.78, 5) is 12.0. The van der Waals surface area contributed by atoms with Gasteiger partial charge in [-0.3, -0.25) is 4.79 Å². The van der Waals surface area contributed by atoms with Crippen molar-refractivity contribution in [3.8, 4) is 6.07 Å². The molecule has 2 N–H and O–H groups in total. The molecule has 1 heterocycles. The minimum Gasteiger partial charge on any atom is -0.467 e. The average Bonchev–Trinajstić information content (AvgIpc) is 3.02. The molecule has 5 nitrogen and oxygen atoms in total. The van der Waals surface area contributed by atoms with Crippen LogP contribution in [0.1, 0.15) is 16.9 Å². The SMILES string of the molecule is Cc1ccc(C)c(N/C=C(/C#N)C(=O)NCc2ccco2)c1. The van der Waals surface area contributed by atoms with Crippen molar-refractivity contribution in [3.05, 3.63) is 65.3 Å². The van der Waals surface area contributed by atoms with Crippen LogP contribution < -0.4 is 10.6 Å². The maximum atomic E-state index is 12.0. The van der Waals surface area contributed by atoms with Crippen molar-refractivity contribution in [2.75, 3.05) is 5.32 Å². The molecule has 0 unspecified atom stereocenters. The number of nitriles is 1. The summed E-state index contributed by atoms with van der Waals surface area (Å²) in [7, 11) is 0. The largest absolute Gasteiger partial charge is 0.467 e. The number of anilines is 1. The van der Waals surface area contributed by atoms with E-state index >= 15 is 0 Å². The van der Waals surface area contributed by atoms with Crippen molar-refractivity contribution < 1.29 is 9.21 Å². The number of hydrogen-bond acceptors (Lipinski definition) is 4. The molecule has 1 aromatic carbocycles. The number of benzene rings is 1. The fourth-order valence-corrected chi connectivity index (χ4v) is 1.87. The van der Waals surface area contributed by atoms with Crippen LogP contribution in [0.4, 0.5) is 5.69 Å². The highest BCUT2D eigenvalue weighted by Gasteiger charge is 2.09. The van der Waals surface area contributed by atoms with Gasteiger partial charge in [-0.2, -0.15) is 5.26 Å². The van der Waals surface area contributed by atoms with Crippen LogP contribution in [0, 0.1) is 25.2 Å². The molecule has 0 aliphatic carbocycles. The number of carbonyl (C=O) groups excluding carboxylic acids is 1. The third-order valence-corrected chi connectivity index (χ3v) is 3.13. The Morgan fingerprint density at radius 2 is 2.18 bits per heavy atom. The summed E-state index contributed by atoms with van der Waals surface area (Å²) < 4.78 is 5.12. The smallest absolute Gasteiger partial charge is 0.263 e. The second kappa shape index (κ2) is 7.14. The normalized spacial score (nSPS) is 10.9. The van der Waals surface area contributed by atoms with Crippen molar-refractivity contribution in [1.29, 1.82) is 5.26 Å². The highest BCUT2D eigenvalue weighted by molar-refractivity contribution is 5.97. The van der Waals surface area contributed by atoms with Gasteiger partial charge in [-0.15, -0.1) is 0 Å².